The van der Waals surface area contributed by atoms with Crippen molar-refractivity contribution in [2.75, 3.05) is 5.32 Å². The largest absolute Gasteiger partial charge is 0.379 e. The van der Waals surface area contributed by atoms with E-state index in [-0.39, 0.29) is 23.7 Å². The van der Waals surface area contributed by atoms with Crippen molar-refractivity contribution in [3.63, 3.8) is 0 Å². The predicted molar refractivity (Wildman–Crippen MR) is 109 cm³/mol. The average molecular weight is 386 g/mol. The molecule has 6 heteroatoms. The number of anilines is 1. The van der Waals surface area contributed by atoms with Gasteiger partial charge in [-0.1, -0.05) is 45.2 Å². The molecule has 1 fully saturated rings. The van der Waals surface area contributed by atoms with Crippen LogP contribution in [-0.4, -0.2) is 21.8 Å². The molecule has 2 N–H and O–H groups in total. The first-order valence-corrected chi connectivity index (χ1v) is 10.2. The highest BCUT2D eigenvalue weighted by atomic mass is 16.5. The van der Waals surface area contributed by atoms with Crippen LogP contribution in [0.1, 0.15) is 58.6 Å². The van der Waals surface area contributed by atoms with Crippen molar-refractivity contribution in [1.29, 1.82) is 0 Å². The van der Waals surface area contributed by atoms with Crippen molar-refractivity contribution in [3.05, 3.63) is 34.3 Å². The van der Waals surface area contributed by atoms with E-state index >= 15 is 0 Å². The van der Waals surface area contributed by atoms with Crippen molar-refractivity contribution in [2.45, 2.75) is 65.4 Å². The third-order valence-corrected chi connectivity index (χ3v) is 6.44. The monoisotopic (exact) mass is 386 g/mol. The number of rotatable bonds is 5. The van der Waals surface area contributed by atoms with Crippen molar-refractivity contribution in [3.8, 4) is 0 Å². The smallest absolute Gasteiger partial charge is 0.366 e. The maximum atomic E-state index is 13.3. The Balaban J connectivity index is 1.94. The number of carbonyl (C=O) groups is 1. The quantitative estimate of drug-likeness (QED) is 0.809. The molecule has 0 saturated heterocycles. The second-order valence-electron chi connectivity index (χ2n) is 8.46. The van der Waals surface area contributed by atoms with E-state index in [1.807, 2.05) is 20.8 Å². The summed E-state index contributed by atoms with van der Waals surface area (Å²) in [5.41, 5.74) is -0.820. The third kappa shape index (κ3) is 3.70. The zero-order chi connectivity index (χ0) is 20.5. The Kier molecular flexibility index (Phi) is 5.89. The Hall–Kier alpha value is -2.21. The van der Waals surface area contributed by atoms with E-state index in [0.717, 1.165) is 32.1 Å². The zero-order valence-corrected chi connectivity index (χ0v) is 17.1. The summed E-state index contributed by atoms with van der Waals surface area (Å²) < 4.78 is 4.75. The highest BCUT2D eigenvalue weighted by Crippen LogP contribution is 2.40. The Bertz CT molecular complexity index is 914. The fourth-order valence-corrected chi connectivity index (χ4v) is 4.35. The average Bonchev–Trinajstić information content (AvgIpc) is 2.70. The number of amides is 1. The summed E-state index contributed by atoms with van der Waals surface area (Å²) in [6, 6.07) is 5.00. The molecule has 2 aromatic rings. The van der Waals surface area contributed by atoms with Gasteiger partial charge >= 0.3 is 5.63 Å². The first kappa shape index (κ1) is 20.5. The normalized spacial score (nSPS) is 18.8. The molecule has 152 valence electrons. The van der Waals surface area contributed by atoms with Gasteiger partial charge in [-0.3, -0.25) is 4.79 Å². The van der Waals surface area contributed by atoms with Crippen LogP contribution in [-0.2, 0) is 4.79 Å². The Morgan fingerprint density at radius 3 is 2.54 bits per heavy atom. The van der Waals surface area contributed by atoms with Crippen LogP contribution in [0.3, 0.4) is 0 Å². The minimum absolute atomic E-state index is 0.0467. The summed E-state index contributed by atoms with van der Waals surface area (Å²) >= 11 is 0. The van der Waals surface area contributed by atoms with Gasteiger partial charge in [0.25, 0.3) is 5.91 Å². The maximum absolute atomic E-state index is 13.3. The molecular formula is C22H30N2O4. The summed E-state index contributed by atoms with van der Waals surface area (Å²) in [5, 5.41) is 19.3. The molecule has 1 aromatic carbocycles. The molecule has 1 aliphatic rings. The van der Waals surface area contributed by atoms with Crippen LogP contribution in [0.25, 0.3) is 10.8 Å². The maximum Gasteiger partial charge on any atom is 0.366 e. The van der Waals surface area contributed by atoms with Gasteiger partial charge in [0, 0.05) is 11.1 Å². The molecule has 1 saturated carbocycles. The molecule has 6 nitrogen and oxygen atoms in total. The predicted octanol–water partition coefficient (Wildman–Crippen LogP) is 4.04. The van der Waals surface area contributed by atoms with E-state index in [4.69, 9.17) is 4.52 Å². The van der Waals surface area contributed by atoms with Gasteiger partial charge in [0.1, 0.15) is 5.60 Å². The number of hydrogen-bond donors (Lipinski definition) is 2. The molecule has 3 rings (SSSR count). The number of benzene rings is 1. The number of hydrogen-bond acceptors (Lipinski definition) is 5. The minimum atomic E-state index is -1.42. The highest BCUT2D eigenvalue weighted by molar-refractivity contribution is 5.99. The van der Waals surface area contributed by atoms with E-state index < -0.39 is 11.2 Å². The summed E-state index contributed by atoms with van der Waals surface area (Å²) in [7, 11) is 0. The van der Waals surface area contributed by atoms with Gasteiger partial charge in [-0.05, 0) is 55.7 Å². The molecule has 1 aliphatic carbocycles. The van der Waals surface area contributed by atoms with Gasteiger partial charge in [-0.25, -0.2) is 4.79 Å². The van der Waals surface area contributed by atoms with Gasteiger partial charge in [0.05, 0.1) is 11.1 Å². The van der Waals surface area contributed by atoms with Crippen molar-refractivity contribution in [2.24, 2.45) is 17.8 Å². The van der Waals surface area contributed by atoms with Gasteiger partial charge in [0.15, 0.2) is 0 Å². The molecular weight excluding hydrogens is 356 g/mol. The van der Waals surface area contributed by atoms with Crippen LogP contribution in [0.5, 0.6) is 0 Å². The molecule has 2 atom stereocenters. The summed E-state index contributed by atoms with van der Waals surface area (Å²) in [5.74, 6) is -0.417. The van der Waals surface area contributed by atoms with Crippen LogP contribution in [0.4, 0.5) is 5.69 Å². The number of aromatic nitrogens is 1. The first-order valence-electron chi connectivity index (χ1n) is 10.2. The van der Waals surface area contributed by atoms with Gasteiger partial charge < -0.3 is 14.9 Å². The summed E-state index contributed by atoms with van der Waals surface area (Å²) in [6.45, 7) is 7.78. The molecule has 1 heterocycles. The Morgan fingerprint density at radius 1 is 1.21 bits per heavy atom. The van der Waals surface area contributed by atoms with Crippen molar-refractivity contribution >= 4 is 22.4 Å². The van der Waals surface area contributed by atoms with E-state index in [0.29, 0.717) is 22.2 Å². The van der Waals surface area contributed by atoms with Gasteiger partial charge in [-0.15, -0.1) is 0 Å². The lowest BCUT2D eigenvalue weighted by molar-refractivity contribution is -0.152. The van der Waals surface area contributed by atoms with Gasteiger partial charge in [0.2, 0.25) is 0 Å². The number of carbonyl (C=O) groups excluding carboxylic acids is 1. The lowest BCUT2D eigenvalue weighted by Gasteiger charge is -2.42. The molecule has 0 bridgehead atoms. The SMILES string of the molecule is Cc1noc(=O)c2ccc(NC(=O)C(O)(C3CCCCC3)C(C)C(C)C)cc12. The minimum Gasteiger partial charge on any atom is -0.379 e. The molecule has 0 aliphatic heterocycles. The molecule has 0 radical (unpaired) electrons. The van der Waals surface area contributed by atoms with E-state index in [9.17, 15) is 14.7 Å². The molecule has 0 spiro atoms. The van der Waals surface area contributed by atoms with Crippen molar-refractivity contribution in [1.82, 2.24) is 5.16 Å². The Morgan fingerprint density at radius 2 is 1.89 bits per heavy atom. The highest BCUT2D eigenvalue weighted by Gasteiger charge is 2.49. The van der Waals surface area contributed by atoms with Crippen LogP contribution in [0.2, 0.25) is 0 Å². The molecule has 1 amide bonds. The molecule has 1 aromatic heterocycles. The van der Waals surface area contributed by atoms with E-state index in [1.54, 1.807) is 25.1 Å². The van der Waals surface area contributed by atoms with Crippen molar-refractivity contribution < 1.29 is 14.4 Å². The summed E-state index contributed by atoms with van der Waals surface area (Å²) in [4.78, 5) is 25.1. The zero-order valence-electron chi connectivity index (χ0n) is 17.1. The standard InChI is InChI=1S/C22H30N2O4/c1-13(2)14(3)22(27,16-8-6-5-7-9-16)21(26)23-17-10-11-18-19(12-17)15(4)24-28-20(18)25/h10-14,16,27H,5-9H2,1-4H3,(H,23,26). The summed E-state index contributed by atoms with van der Waals surface area (Å²) in [6.07, 6.45) is 4.97. The number of aryl methyl sites for hydroxylation is 1. The second-order valence-corrected chi connectivity index (χ2v) is 8.46. The van der Waals surface area contributed by atoms with Crippen LogP contribution in [0, 0.1) is 24.7 Å². The fourth-order valence-electron chi connectivity index (χ4n) is 4.35. The van der Waals surface area contributed by atoms with Crippen LogP contribution >= 0.6 is 0 Å². The number of nitrogens with one attached hydrogen (secondary N) is 1. The number of fused-ring (bicyclic) bond motifs is 1. The topological polar surface area (TPSA) is 92.4 Å². The fraction of sp³-hybridized carbons (Fsp3) is 0.591. The lowest BCUT2D eigenvalue weighted by atomic mass is 9.67. The molecule has 28 heavy (non-hydrogen) atoms. The van der Waals surface area contributed by atoms with E-state index in [1.165, 1.54) is 0 Å². The molecule has 2 unspecified atom stereocenters. The Labute approximate surface area is 165 Å². The second kappa shape index (κ2) is 8.03. The number of nitrogens with zero attached hydrogens (tertiary/aromatic N) is 1. The third-order valence-electron chi connectivity index (χ3n) is 6.44. The van der Waals surface area contributed by atoms with Gasteiger partial charge in [-0.2, -0.15) is 0 Å². The van der Waals surface area contributed by atoms with E-state index in [2.05, 4.69) is 10.5 Å². The van der Waals surface area contributed by atoms with Crippen LogP contribution < -0.4 is 10.9 Å². The first-order chi connectivity index (χ1) is 13.2. The van der Waals surface area contributed by atoms with Crippen LogP contribution in [0.15, 0.2) is 27.5 Å². The lowest BCUT2D eigenvalue weighted by Crippen LogP contribution is -2.55. The number of aliphatic hydroxyl groups is 1.